The Kier molecular flexibility index (Phi) is 4.66. The van der Waals surface area contributed by atoms with Crippen LogP contribution < -0.4 is 0 Å². The lowest BCUT2D eigenvalue weighted by atomic mass is 9.83. The van der Waals surface area contributed by atoms with E-state index in [1.807, 2.05) is 0 Å². The Bertz CT molecular complexity index is 205. The average Bonchev–Trinajstić information content (AvgIpc) is 2.90. The zero-order chi connectivity index (χ0) is 11.4. The van der Waals surface area contributed by atoms with E-state index in [0.717, 1.165) is 12.8 Å². The molecule has 2 bridgehead atoms. The second-order valence-corrected chi connectivity index (χ2v) is 5.54. The van der Waals surface area contributed by atoms with Crippen LogP contribution in [0.15, 0.2) is 0 Å². The standard InChI is InChI=1S/C14H26O2/c1-2-3-4-5-6-7-13(15)12-10-11-8-9-14(12)16-11/h11-15H,2-10H2,1H3. The minimum atomic E-state index is -0.100. The molecule has 2 rings (SSSR count). The molecule has 0 saturated carbocycles. The smallest absolute Gasteiger partial charge is 0.0633 e. The number of aliphatic hydroxyl groups excluding tert-OH is 1. The molecule has 16 heavy (non-hydrogen) atoms. The lowest BCUT2D eigenvalue weighted by Crippen LogP contribution is -2.29. The van der Waals surface area contributed by atoms with Gasteiger partial charge in [-0.05, 0) is 25.7 Å². The number of rotatable bonds is 7. The van der Waals surface area contributed by atoms with Gasteiger partial charge >= 0.3 is 0 Å². The molecule has 0 spiro atoms. The number of hydrogen-bond acceptors (Lipinski definition) is 2. The van der Waals surface area contributed by atoms with Crippen molar-refractivity contribution in [2.75, 3.05) is 0 Å². The molecular formula is C14H26O2. The van der Waals surface area contributed by atoms with Crippen molar-refractivity contribution in [2.24, 2.45) is 5.92 Å². The van der Waals surface area contributed by atoms with Gasteiger partial charge in [-0.25, -0.2) is 0 Å². The zero-order valence-electron chi connectivity index (χ0n) is 10.5. The lowest BCUT2D eigenvalue weighted by molar-refractivity contribution is 0.0377. The summed E-state index contributed by atoms with van der Waals surface area (Å²) in [6.45, 7) is 2.24. The Balaban J connectivity index is 1.59. The van der Waals surface area contributed by atoms with Crippen molar-refractivity contribution in [2.45, 2.75) is 83.0 Å². The van der Waals surface area contributed by atoms with Crippen LogP contribution >= 0.6 is 0 Å². The molecule has 2 fully saturated rings. The summed E-state index contributed by atoms with van der Waals surface area (Å²) in [5.41, 5.74) is 0. The van der Waals surface area contributed by atoms with Gasteiger partial charge in [0, 0.05) is 5.92 Å². The molecule has 4 atom stereocenters. The van der Waals surface area contributed by atoms with Crippen molar-refractivity contribution in [3.05, 3.63) is 0 Å². The van der Waals surface area contributed by atoms with Gasteiger partial charge in [-0.15, -0.1) is 0 Å². The van der Waals surface area contributed by atoms with Crippen LogP contribution in [0.5, 0.6) is 0 Å². The summed E-state index contributed by atoms with van der Waals surface area (Å²) in [6.07, 6.45) is 11.7. The number of aliphatic hydroxyl groups is 1. The fourth-order valence-corrected chi connectivity index (χ4v) is 3.25. The fourth-order valence-electron chi connectivity index (χ4n) is 3.25. The van der Waals surface area contributed by atoms with Crippen LogP contribution in [-0.4, -0.2) is 23.4 Å². The molecule has 0 aliphatic carbocycles. The van der Waals surface area contributed by atoms with Gasteiger partial charge in [0.1, 0.15) is 0 Å². The Hall–Kier alpha value is -0.0800. The van der Waals surface area contributed by atoms with Crippen LogP contribution in [0.25, 0.3) is 0 Å². The molecule has 94 valence electrons. The van der Waals surface area contributed by atoms with Gasteiger partial charge < -0.3 is 9.84 Å². The summed E-state index contributed by atoms with van der Waals surface area (Å²) < 4.78 is 5.79. The normalized spacial score (nSPS) is 34.5. The third-order valence-corrected chi connectivity index (χ3v) is 4.25. The van der Waals surface area contributed by atoms with Gasteiger partial charge in [0.15, 0.2) is 0 Å². The molecule has 0 aromatic rings. The van der Waals surface area contributed by atoms with Crippen molar-refractivity contribution in [3.8, 4) is 0 Å². The van der Waals surface area contributed by atoms with E-state index in [1.54, 1.807) is 0 Å². The van der Waals surface area contributed by atoms with Gasteiger partial charge in [0.2, 0.25) is 0 Å². The van der Waals surface area contributed by atoms with Crippen LogP contribution in [0.3, 0.4) is 0 Å². The van der Waals surface area contributed by atoms with Gasteiger partial charge in [0.25, 0.3) is 0 Å². The van der Waals surface area contributed by atoms with Gasteiger partial charge in [-0.3, -0.25) is 0 Å². The molecule has 0 radical (unpaired) electrons. The monoisotopic (exact) mass is 226 g/mol. The number of hydrogen-bond donors (Lipinski definition) is 1. The highest BCUT2D eigenvalue weighted by atomic mass is 16.5. The Morgan fingerprint density at radius 1 is 1.19 bits per heavy atom. The van der Waals surface area contributed by atoms with Crippen LogP contribution in [0.2, 0.25) is 0 Å². The molecule has 2 aliphatic heterocycles. The van der Waals surface area contributed by atoms with Crippen LogP contribution in [0.4, 0.5) is 0 Å². The topological polar surface area (TPSA) is 29.5 Å². The fraction of sp³-hybridized carbons (Fsp3) is 1.00. The van der Waals surface area contributed by atoms with Gasteiger partial charge in [-0.2, -0.15) is 0 Å². The van der Waals surface area contributed by atoms with E-state index in [2.05, 4.69) is 6.92 Å². The first-order valence-corrected chi connectivity index (χ1v) is 7.14. The Morgan fingerprint density at radius 2 is 2.00 bits per heavy atom. The maximum absolute atomic E-state index is 10.1. The minimum absolute atomic E-state index is 0.100. The van der Waals surface area contributed by atoms with E-state index < -0.39 is 0 Å². The van der Waals surface area contributed by atoms with E-state index in [4.69, 9.17) is 4.74 Å². The summed E-state index contributed by atoms with van der Waals surface area (Å²) >= 11 is 0. The van der Waals surface area contributed by atoms with E-state index in [1.165, 1.54) is 44.9 Å². The van der Waals surface area contributed by atoms with E-state index in [-0.39, 0.29) is 6.10 Å². The molecule has 2 aliphatic rings. The van der Waals surface area contributed by atoms with Crippen molar-refractivity contribution in [1.29, 1.82) is 0 Å². The van der Waals surface area contributed by atoms with E-state index in [9.17, 15) is 5.11 Å². The second-order valence-electron chi connectivity index (χ2n) is 5.54. The zero-order valence-corrected chi connectivity index (χ0v) is 10.5. The molecule has 0 aromatic carbocycles. The molecular weight excluding hydrogens is 200 g/mol. The summed E-state index contributed by atoms with van der Waals surface area (Å²) in [6, 6.07) is 0. The van der Waals surface area contributed by atoms with Crippen LogP contribution in [-0.2, 0) is 4.74 Å². The molecule has 2 saturated heterocycles. The highest BCUT2D eigenvalue weighted by molar-refractivity contribution is 4.92. The summed E-state index contributed by atoms with van der Waals surface area (Å²) in [5.74, 6) is 0.449. The maximum Gasteiger partial charge on any atom is 0.0633 e. The highest BCUT2D eigenvalue weighted by Crippen LogP contribution is 2.41. The minimum Gasteiger partial charge on any atom is -0.393 e. The quantitative estimate of drug-likeness (QED) is 0.675. The Morgan fingerprint density at radius 3 is 2.62 bits per heavy atom. The van der Waals surface area contributed by atoms with Gasteiger partial charge in [-0.1, -0.05) is 39.0 Å². The Labute approximate surface area is 99.4 Å². The van der Waals surface area contributed by atoms with E-state index >= 15 is 0 Å². The molecule has 4 unspecified atom stereocenters. The first kappa shape index (κ1) is 12.4. The maximum atomic E-state index is 10.1. The van der Waals surface area contributed by atoms with Gasteiger partial charge in [0.05, 0.1) is 18.3 Å². The van der Waals surface area contributed by atoms with Crippen LogP contribution in [0, 0.1) is 5.92 Å². The van der Waals surface area contributed by atoms with Crippen molar-refractivity contribution >= 4 is 0 Å². The summed E-state index contributed by atoms with van der Waals surface area (Å²) in [7, 11) is 0. The SMILES string of the molecule is CCCCCCCC(O)C1CC2CCC1O2. The van der Waals surface area contributed by atoms with Crippen molar-refractivity contribution in [3.63, 3.8) is 0 Å². The largest absolute Gasteiger partial charge is 0.393 e. The predicted octanol–water partition coefficient (Wildman–Crippen LogP) is 3.28. The lowest BCUT2D eigenvalue weighted by Gasteiger charge is -2.24. The first-order valence-electron chi connectivity index (χ1n) is 7.14. The summed E-state index contributed by atoms with van der Waals surface area (Å²) in [5, 5.41) is 10.1. The van der Waals surface area contributed by atoms with E-state index in [0.29, 0.717) is 18.1 Å². The molecule has 2 nitrogen and oxygen atoms in total. The molecule has 2 heteroatoms. The summed E-state index contributed by atoms with van der Waals surface area (Å²) in [4.78, 5) is 0. The second kappa shape index (κ2) is 6.02. The highest BCUT2D eigenvalue weighted by Gasteiger charge is 2.43. The van der Waals surface area contributed by atoms with Crippen molar-refractivity contribution < 1.29 is 9.84 Å². The molecule has 1 N–H and O–H groups in total. The van der Waals surface area contributed by atoms with Crippen LogP contribution in [0.1, 0.15) is 64.7 Å². The molecule has 0 amide bonds. The number of fused-ring (bicyclic) bond motifs is 2. The van der Waals surface area contributed by atoms with Crippen molar-refractivity contribution in [1.82, 2.24) is 0 Å². The molecule has 0 aromatic heterocycles. The first-order chi connectivity index (χ1) is 7.81. The molecule has 2 heterocycles. The predicted molar refractivity (Wildman–Crippen MR) is 65.4 cm³/mol. The average molecular weight is 226 g/mol. The third kappa shape index (κ3) is 2.98. The third-order valence-electron chi connectivity index (χ3n) is 4.25. The number of ether oxygens (including phenoxy) is 1. The number of unbranched alkanes of at least 4 members (excludes halogenated alkanes) is 4.